The van der Waals surface area contributed by atoms with Gasteiger partial charge in [-0.25, -0.2) is 0 Å². The molecule has 1 amide bonds. The molecule has 4 nitrogen and oxygen atoms in total. The molecule has 0 spiro atoms. The Morgan fingerprint density at radius 2 is 1.62 bits per heavy atom. The van der Waals surface area contributed by atoms with Crippen molar-refractivity contribution in [1.29, 1.82) is 0 Å². The van der Waals surface area contributed by atoms with Crippen molar-refractivity contribution in [3.05, 3.63) is 78.9 Å². The molecule has 0 bridgehead atoms. The van der Waals surface area contributed by atoms with E-state index in [0.717, 1.165) is 26.9 Å². The highest BCUT2D eigenvalue weighted by Crippen LogP contribution is 2.33. The monoisotopic (exact) mass is 364 g/mol. The van der Waals surface area contributed by atoms with Crippen LogP contribution in [-0.4, -0.2) is 19.6 Å². The van der Waals surface area contributed by atoms with Gasteiger partial charge in [-0.15, -0.1) is 0 Å². The lowest BCUT2D eigenvalue weighted by atomic mass is 10.3. The molecule has 26 heavy (non-hydrogen) atoms. The van der Waals surface area contributed by atoms with Gasteiger partial charge in [0.05, 0.1) is 13.7 Å². The maximum absolute atomic E-state index is 12.2. The van der Waals surface area contributed by atoms with Crippen LogP contribution in [0.2, 0.25) is 0 Å². The van der Waals surface area contributed by atoms with Crippen molar-refractivity contribution >= 4 is 29.0 Å². The minimum atomic E-state index is -0.102. The molecule has 0 saturated heterocycles. The number of para-hydroxylation sites is 1. The average Bonchev–Trinajstić information content (AvgIpc) is 2.69. The smallest absolute Gasteiger partial charge is 0.243 e. The Morgan fingerprint density at radius 1 is 0.923 bits per heavy atom. The van der Waals surface area contributed by atoms with Gasteiger partial charge >= 0.3 is 0 Å². The number of carbonyl (C=O) groups is 1. The molecule has 0 heterocycles. The van der Waals surface area contributed by atoms with Crippen LogP contribution in [0, 0.1) is 0 Å². The summed E-state index contributed by atoms with van der Waals surface area (Å²) in [4.78, 5) is 14.4. The van der Waals surface area contributed by atoms with E-state index in [1.54, 1.807) is 18.9 Å². The van der Waals surface area contributed by atoms with Crippen LogP contribution in [0.5, 0.6) is 5.75 Å². The third kappa shape index (κ3) is 5.04. The summed E-state index contributed by atoms with van der Waals surface area (Å²) in [6.45, 7) is 0.193. The molecule has 0 aliphatic rings. The van der Waals surface area contributed by atoms with Crippen molar-refractivity contribution in [3.63, 3.8) is 0 Å². The van der Waals surface area contributed by atoms with E-state index in [1.165, 1.54) is 0 Å². The second-order valence-corrected chi connectivity index (χ2v) is 6.66. The van der Waals surface area contributed by atoms with E-state index in [4.69, 9.17) is 4.74 Å². The predicted octanol–water partition coefficient (Wildman–Crippen LogP) is 4.90. The topological polar surface area (TPSA) is 50.4 Å². The first-order chi connectivity index (χ1) is 12.7. The quantitative estimate of drug-likeness (QED) is 0.626. The number of amides is 1. The van der Waals surface area contributed by atoms with E-state index >= 15 is 0 Å². The van der Waals surface area contributed by atoms with Crippen LogP contribution in [0.25, 0.3) is 0 Å². The first kappa shape index (κ1) is 17.9. The molecule has 132 valence electrons. The van der Waals surface area contributed by atoms with E-state index in [-0.39, 0.29) is 12.5 Å². The molecule has 5 heteroatoms. The van der Waals surface area contributed by atoms with Gasteiger partial charge < -0.3 is 15.4 Å². The lowest BCUT2D eigenvalue weighted by molar-refractivity contribution is -0.114. The van der Waals surface area contributed by atoms with Crippen LogP contribution in [0.4, 0.5) is 11.4 Å². The van der Waals surface area contributed by atoms with Crippen molar-refractivity contribution in [3.8, 4) is 5.75 Å². The molecule has 3 aromatic carbocycles. The van der Waals surface area contributed by atoms with Gasteiger partial charge in [0, 0.05) is 21.2 Å². The Morgan fingerprint density at radius 3 is 2.35 bits per heavy atom. The summed E-state index contributed by atoms with van der Waals surface area (Å²) < 4.78 is 5.11. The van der Waals surface area contributed by atoms with Crippen molar-refractivity contribution < 1.29 is 9.53 Å². The summed E-state index contributed by atoms with van der Waals surface area (Å²) in [6.07, 6.45) is 0. The first-order valence-corrected chi connectivity index (χ1v) is 9.06. The zero-order valence-electron chi connectivity index (χ0n) is 14.4. The molecular weight excluding hydrogens is 344 g/mol. The second kappa shape index (κ2) is 8.97. The summed E-state index contributed by atoms with van der Waals surface area (Å²) in [5.41, 5.74) is 1.68. The maximum Gasteiger partial charge on any atom is 0.243 e. The second-order valence-electron chi connectivity index (χ2n) is 5.54. The molecule has 0 radical (unpaired) electrons. The van der Waals surface area contributed by atoms with Gasteiger partial charge in [0.1, 0.15) is 5.75 Å². The highest BCUT2D eigenvalue weighted by Gasteiger charge is 2.07. The van der Waals surface area contributed by atoms with Crippen molar-refractivity contribution in [2.24, 2.45) is 0 Å². The summed E-state index contributed by atoms with van der Waals surface area (Å²) in [5.74, 6) is 0.655. The predicted molar refractivity (Wildman–Crippen MR) is 107 cm³/mol. The molecule has 0 unspecified atom stereocenters. The Labute approximate surface area is 157 Å². The molecule has 2 N–H and O–H groups in total. The Balaban J connectivity index is 1.59. The van der Waals surface area contributed by atoms with Crippen molar-refractivity contribution in [2.75, 3.05) is 24.3 Å². The number of anilines is 2. The first-order valence-electron chi connectivity index (χ1n) is 8.24. The van der Waals surface area contributed by atoms with E-state index < -0.39 is 0 Å². The fourth-order valence-electron chi connectivity index (χ4n) is 2.37. The summed E-state index contributed by atoms with van der Waals surface area (Å²) >= 11 is 1.67. The number of hydrogen-bond acceptors (Lipinski definition) is 4. The van der Waals surface area contributed by atoms with E-state index in [2.05, 4.69) is 22.8 Å². The lowest BCUT2D eigenvalue weighted by Gasteiger charge is -2.12. The molecular formula is C21H20N2O2S. The van der Waals surface area contributed by atoms with Crippen LogP contribution in [-0.2, 0) is 4.79 Å². The minimum absolute atomic E-state index is 0.102. The fourth-order valence-corrected chi connectivity index (χ4v) is 3.32. The average molecular weight is 364 g/mol. The van der Waals surface area contributed by atoms with Gasteiger partial charge in [0.15, 0.2) is 0 Å². The number of nitrogens with one attached hydrogen (secondary N) is 2. The summed E-state index contributed by atoms with van der Waals surface area (Å²) in [7, 11) is 1.61. The van der Waals surface area contributed by atoms with Gasteiger partial charge in [0.25, 0.3) is 0 Å². The van der Waals surface area contributed by atoms with Crippen LogP contribution < -0.4 is 15.4 Å². The molecule has 0 saturated carbocycles. The van der Waals surface area contributed by atoms with Gasteiger partial charge in [-0.1, -0.05) is 42.1 Å². The van der Waals surface area contributed by atoms with Gasteiger partial charge in [-0.2, -0.15) is 0 Å². The zero-order valence-corrected chi connectivity index (χ0v) is 15.3. The molecule has 0 aliphatic heterocycles. The highest BCUT2D eigenvalue weighted by atomic mass is 32.2. The number of ether oxygens (including phenoxy) is 1. The molecule has 3 aromatic rings. The zero-order chi connectivity index (χ0) is 18.2. The van der Waals surface area contributed by atoms with Crippen LogP contribution >= 0.6 is 11.8 Å². The summed E-state index contributed by atoms with van der Waals surface area (Å²) in [6, 6.07) is 25.4. The molecule has 0 aliphatic carbocycles. The number of hydrogen-bond donors (Lipinski definition) is 2. The number of methoxy groups -OCH3 is 1. The van der Waals surface area contributed by atoms with Crippen LogP contribution in [0.1, 0.15) is 0 Å². The van der Waals surface area contributed by atoms with Gasteiger partial charge in [-0.3, -0.25) is 4.79 Å². The van der Waals surface area contributed by atoms with Crippen molar-refractivity contribution in [2.45, 2.75) is 9.79 Å². The Bertz CT molecular complexity index is 851. The Hall–Kier alpha value is -2.92. The van der Waals surface area contributed by atoms with Gasteiger partial charge in [-0.05, 0) is 48.5 Å². The van der Waals surface area contributed by atoms with Crippen molar-refractivity contribution in [1.82, 2.24) is 0 Å². The number of carbonyl (C=O) groups excluding carboxylic acids is 1. The SMILES string of the molecule is COc1ccc(NC(=O)CNc2ccccc2Sc2ccccc2)cc1. The molecule has 0 fully saturated rings. The molecule has 0 aromatic heterocycles. The Kier molecular flexibility index (Phi) is 6.17. The fraction of sp³-hybridized carbons (Fsp3) is 0.0952. The summed E-state index contributed by atoms with van der Waals surface area (Å²) in [5, 5.41) is 6.09. The highest BCUT2D eigenvalue weighted by molar-refractivity contribution is 7.99. The number of rotatable bonds is 7. The molecule has 3 rings (SSSR count). The number of benzene rings is 3. The third-order valence-electron chi connectivity index (χ3n) is 3.67. The lowest BCUT2D eigenvalue weighted by Crippen LogP contribution is -2.21. The normalized spacial score (nSPS) is 10.2. The molecule has 0 atom stereocenters. The van der Waals surface area contributed by atoms with Crippen LogP contribution in [0.3, 0.4) is 0 Å². The van der Waals surface area contributed by atoms with Gasteiger partial charge in [0.2, 0.25) is 5.91 Å². The largest absolute Gasteiger partial charge is 0.497 e. The standard InChI is InChI=1S/C21H20N2O2S/c1-25-17-13-11-16(12-14-17)23-21(24)15-22-19-9-5-6-10-20(19)26-18-7-3-2-4-8-18/h2-14,22H,15H2,1H3,(H,23,24). The van der Waals surface area contributed by atoms with E-state index in [1.807, 2.05) is 66.7 Å². The third-order valence-corrected chi connectivity index (χ3v) is 4.76. The maximum atomic E-state index is 12.2. The van der Waals surface area contributed by atoms with E-state index in [0.29, 0.717) is 0 Å². The van der Waals surface area contributed by atoms with E-state index in [9.17, 15) is 4.79 Å². The van der Waals surface area contributed by atoms with Crippen LogP contribution in [0.15, 0.2) is 88.7 Å². The minimum Gasteiger partial charge on any atom is -0.497 e.